The van der Waals surface area contributed by atoms with Crippen molar-refractivity contribution in [2.45, 2.75) is 19.5 Å². The lowest BCUT2D eigenvalue weighted by molar-refractivity contribution is -0.141. The second-order valence-electron chi connectivity index (χ2n) is 8.49. The Balaban J connectivity index is 1.41. The highest BCUT2D eigenvalue weighted by molar-refractivity contribution is 7.06. The summed E-state index contributed by atoms with van der Waals surface area (Å²) >= 11 is 1.01. The smallest absolute Gasteiger partial charge is 0.336 e. The molecule has 3 aromatic rings. The van der Waals surface area contributed by atoms with Crippen LogP contribution in [-0.2, 0) is 12.6 Å². The summed E-state index contributed by atoms with van der Waals surface area (Å²) in [5.74, 6) is -0.607. The maximum atomic E-state index is 13.0. The van der Waals surface area contributed by atoms with Crippen LogP contribution in [0.15, 0.2) is 36.7 Å². The molecule has 0 bridgehead atoms. The molecular weight excluding hydrogens is 512 g/mol. The summed E-state index contributed by atoms with van der Waals surface area (Å²) in [4.78, 5) is 37.2. The number of halogens is 4. The molecule has 0 radical (unpaired) electrons. The molecule has 1 N–H and O–H groups in total. The lowest BCUT2D eigenvalue weighted by Gasteiger charge is -2.34. The first-order valence-electron chi connectivity index (χ1n) is 11.5. The maximum absolute atomic E-state index is 13.0. The van der Waals surface area contributed by atoms with Crippen molar-refractivity contribution in [3.05, 3.63) is 69.7 Å². The first-order chi connectivity index (χ1) is 17.7. The summed E-state index contributed by atoms with van der Waals surface area (Å²) in [6.45, 7) is 3.86. The van der Waals surface area contributed by atoms with Gasteiger partial charge in [0.1, 0.15) is 6.67 Å². The molecule has 1 aliphatic heterocycles. The van der Waals surface area contributed by atoms with E-state index in [0.29, 0.717) is 60.7 Å². The molecule has 4 rings (SSSR count). The summed E-state index contributed by atoms with van der Waals surface area (Å²) < 4.78 is 55.6. The van der Waals surface area contributed by atoms with Gasteiger partial charge in [-0.05, 0) is 42.7 Å². The molecule has 13 heteroatoms. The van der Waals surface area contributed by atoms with Gasteiger partial charge in [-0.25, -0.2) is 9.37 Å². The van der Waals surface area contributed by atoms with E-state index in [1.807, 2.05) is 4.90 Å². The predicted molar refractivity (Wildman–Crippen MR) is 129 cm³/mol. The van der Waals surface area contributed by atoms with E-state index in [-0.39, 0.29) is 23.6 Å². The molecule has 2 amide bonds. The minimum Gasteiger partial charge on any atom is -0.336 e. The predicted octanol–water partition coefficient (Wildman–Crippen LogP) is 3.83. The molecule has 196 valence electrons. The second kappa shape index (κ2) is 11.3. The molecule has 0 atom stereocenters. The van der Waals surface area contributed by atoms with Crippen molar-refractivity contribution < 1.29 is 27.2 Å². The van der Waals surface area contributed by atoms with Gasteiger partial charge in [0.25, 0.3) is 11.8 Å². The van der Waals surface area contributed by atoms with Crippen molar-refractivity contribution in [3.63, 3.8) is 0 Å². The molecule has 8 nitrogen and oxygen atoms in total. The average Bonchev–Trinajstić information content (AvgIpc) is 3.24. The van der Waals surface area contributed by atoms with Gasteiger partial charge in [-0.1, -0.05) is 0 Å². The number of aryl methyl sites for hydroxylation is 1. The van der Waals surface area contributed by atoms with Crippen LogP contribution in [-0.4, -0.2) is 75.4 Å². The van der Waals surface area contributed by atoms with Gasteiger partial charge >= 0.3 is 6.18 Å². The van der Waals surface area contributed by atoms with E-state index in [4.69, 9.17) is 0 Å². The molecule has 0 spiro atoms. The minimum absolute atomic E-state index is 0.0305. The van der Waals surface area contributed by atoms with Gasteiger partial charge < -0.3 is 10.2 Å². The third-order valence-electron chi connectivity index (χ3n) is 5.93. The highest BCUT2D eigenvalue weighted by Gasteiger charge is 2.33. The first-order valence-corrected chi connectivity index (χ1v) is 12.3. The van der Waals surface area contributed by atoms with Gasteiger partial charge in [-0.3, -0.25) is 19.5 Å². The number of carbonyl (C=O) groups is 2. The average molecular weight is 537 g/mol. The van der Waals surface area contributed by atoms with Crippen LogP contribution < -0.4 is 5.32 Å². The van der Waals surface area contributed by atoms with E-state index < -0.39 is 24.5 Å². The van der Waals surface area contributed by atoms with Gasteiger partial charge in [0.15, 0.2) is 5.69 Å². The van der Waals surface area contributed by atoms with Crippen molar-refractivity contribution in [3.8, 4) is 0 Å². The van der Waals surface area contributed by atoms with Crippen molar-refractivity contribution in [2.24, 2.45) is 0 Å². The quantitative estimate of drug-likeness (QED) is 0.462. The second-order valence-corrected chi connectivity index (χ2v) is 9.35. The van der Waals surface area contributed by atoms with Gasteiger partial charge in [0, 0.05) is 61.5 Å². The van der Waals surface area contributed by atoms with Crippen molar-refractivity contribution in [2.75, 3.05) is 44.7 Å². The third-order valence-corrected chi connectivity index (χ3v) is 6.86. The van der Waals surface area contributed by atoms with Crippen LogP contribution in [0.5, 0.6) is 0 Å². The molecule has 0 unspecified atom stereocenters. The normalized spacial score (nSPS) is 14.6. The molecule has 0 aliphatic carbocycles. The summed E-state index contributed by atoms with van der Waals surface area (Å²) in [7, 11) is 0. The number of anilines is 1. The number of aromatic nitrogens is 3. The Kier molecular flexibility index (Phi) is 8.13. The molecule has 1 fully saturated rings. The monoisotopic (exact) mass is 536 g/mol. The lowest BCUT2D eigenvalue weighted by Crippen LogP contribution is -2.49. The Hall–Kier alpha value is -3.45. The molecule has 1 saturated heterocycles. The lowest BCUT2D eigenvalue weighted by atomic mass is 10.1. The van der Waals surface area contributed by atoms with Gasteiger partial charge in [-0.2, -0.15) is 17.5 Å². The van der Waals surface area contributed by atoms with Crippen LogP contribution >= 0.6 is 11.5 Å². The van der Waals surface area contributed by atoms with Crippen LogP contribution in [0.4, 0.5) is 23.2 Å². The number of amides is 2. The number of nitrogens with one attached hydrogen (secondary N) is 1. The molecule has 1 aromatic carbocycles. The summed E-state index contributed by atoms with van der Waals surface area (Å²) in [5.41, 5.74) is 0.583. The van der Waals surface area contributed by atoms with Crippen LogP contribution in [0.2, 0.25) is 0 Å². The molecule has 2 aromatic heterocycles. The number of rotatable bonds is 7. The van der Waals surface area contributed by atoms with E-state index in [1.54, 1.807) is 36.1 Å². The summed E-state index contributed by atoms with van der Waals surface area (Å²) in [6.07, 6.45) is -2.78. The van der Waals surface area contributed by atoms with E-state index in [2.05, 4.69) is 19.7 Å². The summed E-state index contributed by atoms with van der Waals surface area (Å²) in [6, 6.07) is 6.45. The van der Waals surface area contributed by atoms with Crippen molar-refractivity contribution in [1.29, 1.82) is 0 Å². The highest BCUT2D eigenvalue weighted by atomic mass is 32.1. The van der Waals surface area contributed by atoms with Crippen LogP contribution in [0.25, 0.3) is 0 Å². The maximum Gasteiger partial charge on any atom is 0.434 e. The van der Waals surface area contributed by atoms with Crippen LogP contribution in [0, 0.1) is 6.92 Å². The number of benzene rings is 1. The first kappa shape index (κ1) is 26.6. The van der Waals surface area contributed by atoms with E-state index in [1.165, 1.54) is 6.20 Å². The Morgan fingerprint density at radius 2 is 1.78 bits per heavy atom. The molecule has 3 heterocycles. The highest BCUT2D eigenvalue weighted by Crippen LogP contribution is 2.28. The van der Waals surface area contributed by atoms with Crippen molar-refractivity contribution in [1.82, 2.24) is 24.1 Å². The molecule has 0 saturated carbocycles. The SMILES string of the molecule is Cc1nsc(Cc2cncc(C(F)(F)F)n2)c1C(=O)Nc1ccc(C(=O)N2CCN(CCF)CC2)cc1. The number of alkyl halides is 4. The van der Waals surface area contributed by atoms with Gasteiger partial charge in [0.05, 0.1) is 23.1 Å². The number of piperazine rings is 1. The fourth-order valence-corrected chi connectivity index (χ4v) is 4.87. The molecular formula is C24H24F4N6O2S. The third kappa shape index (κ3) is 6.46. The zero-order chi connectivity index (χ0) is 26.6. The van der Waals surface area contributed by atoms with Crippen LogP contribution in [0.1, 0.15) is 42.7 Å². The minimum atomic E-state index is -4.62. The number of hydrogen-bond acceptors (Lipinski definition) is 7. The summed E-state index contributed by atoms with van der Waals surface area (Å²) in [5, 5.41) is 2.76. The van der Waals surface area contributed by atoms with Gasteiger partial charge in [0.2, 0.25) is 0 Å². The Morgan fingerprint density at radius 3 is 2.43 bits per heavy atom. The van der Waals surface area contributed by atoms with Crippen LogP contribution in [0.3, 0.4) is 0 Å². The topological polar surface area (TPSA) is 91.3 Å². The Morgan fingerprint density at radius 1 is 1.08 bits per heavy atom. The largest absolute Gasteiger partial charge is 0.434 e. The van der Waals surface area contributed by atoms with E-state index in [9.17, 15) is 27.2 Å². The zero-order valence-corrected chi connectivity index (χ0v) is 20.7. The fourth-order valence-electron chi connectivity index (χ4n) is 3.99. The standard InChI is InChI=1S/C24H24F4N6O2S/c1-15-21(19(37-32-15)12-18-13-29-14-20(30-18)24(26,27)28)22(35)31-17-4-2-16(3-5-17)23(36)34-10-8-33(7-6-25)9-11-34/h2-5,13-14H,6-12H2,1H3,(H,31,35). The van der Waals surface area contributed by atoms with E-state index in [0.717, 1.165) is 11.5 Å². The van der Waals surface area contributed by atoms with E-state index >= 15 is 0 Å². The Bertz CT molecular complexity index is 1260. The number of hydrogen-bond donors (Lipinski definition) is 1. The van der Waals surface area contributed by atoms with Gasteiger partial charge in [-0.15, -0.1) is 0 Å². The Labute approximate surface area is 214 Å². The molecule has 1 aliphatic rings. The fraction of sp³-hybridized carbons (Fsp3) is 0.375. The number of nitrogens with zero attached hydrogens (tertiary/aromatic N) is 5. The number of carbonyl (C=O) groups excluding carboxylic acids is 2. The molecule has 37 heavy (non-hydrogen) atoms. The van der Waals surface area contributed by atoms with Crippen molar-refractivity contribution >= 4 is 29.0 Å². The zero-order valence-electron chi connectivity index (χ0n) is 19.9.